The smallest absolute Gasteiger partial charge is 0.271 e. The first kappa shape index (κ1) is 15.9. The van der Waals surface area contributed by atoms with E-state index in [1.807, 2.05) is 0 Å². The Morgan fingerprint density at radius 2 is 1.91 bits per heavy atom. The Morgan fingerprint density at radius 1 is 1.14 bits per heavy atom. The van der Waals surface area contributed by atoms with Crippen molar-refractivity contribution in [3.63, 3.8) is 0 Å². The normalized spacial score (nSPS) is 10.3. The number of carbonyl (C=O) groups is 1. The third kappa shape index (κ3) is 4.82. The average molecular weight is 300 g/mol. The number of rotatable bonds is 7. The second-order valence-electron chi connectivity index (χ2n) is 4.89. The van der Waals surface area contributed by atoms with Crippen molar-refractivity contribution in [1.82, 2.24) is 15.5 Å². The van der Waals surface area contributed by atoms with E-state index in [-0.39, 0.29) is 11.6 Å². The SMILES string of the molecule is COCCNC(=O)c1ccc(NCc2ccc(C)cc2)nn1. The van der Waals surface area contributed by atoms with Gasteiger partial charge in [-0.05, 0) is 24.6 Å². The van der Waals surface area contributed by atoms with Crippen molar-refractivity contribution in [2.75, 3.05) is 25.6 Å². The lowest BCUT2D eigenvalue weighted by molar-refractivity contribution is 0.0931. The predicted molar refractivity (Wildman–Crippen MR) is 84.7 cm³/mol. The van der Waals surface area contributed by atoms with E-state index in [2.05, 4.69) is 52.0 Å². The van der Waals surface area contributed by atoms with Crippen LogP contribution in [0.25, 0.3) is 0 Å². The highest BCUT2D eigenvalue weighted by Crippen LogP contribution is 2.07. The third-order valence-electron chi connectivity index (χ3n) is 3.08. The van der Waals surface area contributed by atoms with E-state index < -0.39 is 0 Å². The van der Waals surface area contributed by atoms with Gasteiger partial charge in [-0.1, -0.05) is 29.8 Å². The summed E-state index contributed by atoms with van der Waals surface area (Å²) in [6.07, 6.45) is 0. The number of amides is 1. The lowest BCUT2D eigenvalue weighted by Gasteiger charge is -2.07. The average Bonchev–Trinajstić information content (AvgIpc) is 2.55. The van der Waals surface area contributed by atoms with Gasteiger partial charge in [-0.15, -0.1) is 10.2 Å². The minimum absolute atomic E-state index is 0.255. The molecule has 0 fully saturated rings. The summed E-state index contributed by atoms with van der Waals surface area (Å²) in [7, 11) is 1.58. The number of nitrogens with zero attached hydrogens (tertiary/aromatic N) is 2. The van der Waals surface area contributed by atoms with Gasteiger partial charge in [-0.3, -0.25) is 4.79 Å². The molecule has 6 nitrogen and oxygen atoms in total. The number of methoxy groups -OCH3 is 1. The lowest BCUT2D eigenvalue weighted by Crippen LogP contribution is -2.27. The molecule has 1 aromatic carbocycles. The highest BCUT2D eigenvalue weighted by molar-refractivity contribution is 5.92. The molecule has 0 atom stereocenters. The molecule has 0 saturated heterocycles. The zero-order valence-electron chi connectivity index (χ0n) is 12.8. The molecule has 0 radical (unpaired) electrons. The molecule has 2 rings (SSSR count). The Balaban J connectivity index is 1.86. The van der Waals surface area contributed by atoms with Crippen molar-refractivity contribution in [2.24, 2.45) is 0 Å². The van der Waals surface area contributed by atoms with Crippen LogP contribution in [0.1, 0.15) is 21.6 Å². The maximum atomic E-state index is 11.8. The highest BCUT2D eigenvalue weighted by Gasteiger charge is 2.07. The van der Waals surface area contributed by atoms with Crippen molar-refractivity contribution >= 4 is 11.7 Å². The molecule has 22 heavy (non-hydrogen) atoms. The van der Waals surface area contributed by atoms with Gasteiger partial charge in [-0.25, -0.2) is 0 Å². The van der Waals surface area contributed by atoms with Gasteiger partial charge in [0.05, 0.1) is 6.61 Å². The fraction of sp³-hybridized carbons (Fsp3) is 0.312. The molecule has 116 valence electrons. The van der Waals surface area contributed by atoms with Crippen LogP contribution in [0.5, 0.6) is 0 Å². The molecule has 0 bridgehead atoms. The van der Waals surface area contributed by atoms with Crippen molar-refractivity contribution < 1.29 is 9.53 Å². The maximum Gasteiger partial charge on any atom is 0.271 e. The van der Waals surface area contributed by atoms with E-state index in [4.69, 9.17) is 4.74 Å². The van der Waals surface area contributed by atoms with Crippen LogP contribution < -0.4 is 10.6 Å². The van der Waals surface area contributed by atoms with Crippen LogP contribution in [0.3, 0.4) is 0 Å². The number of anilines is 1. The van der Waals surface area contributed by atoms with Crippen LogP contribution >= 0.6 is 0 Å². The lowest BCUT2D eigenvalue weighted by atomic mass is 10.1. The number of hydrogen-bond acceptors (Lipinski definition) is 5. The standard InChI is InChI=1S/C16H20N4O2/c1-12-3-5-13(6-4-12)11-18-15-8-7-14(19-20-15)16(21)17-9-10-22-2/h3-8H,9-11H2,1-2H3,(H,17,21)(H,18,20). The summed E-state index contributed by atoms with van der Waals surface area (Å²) in [5.41, 5.74) is 2.68. The summed E-state index contributed by atoms with van der Waals surface area (Å²) >= 11 is 0. The van der Waals surface area contributed by atoms with Crippen LogP contribution in [0.15, 0.2) is 36.4 Å². The van der Waals surface area contributed by atoms with Crippen LogP contribution in [0.2, 0.25) is 0 Å². The summed E-state index contributed by atoms with van der Waals surface area (Å²) in [5.74, 6) is 0.378. The molecule has 0 aliphatic heterocycles. The molecule has 2 aromatic rings. The Kier molecular flexibility index (Phi) is 5.85. The second-order valence-corrected chi connectivity index (χ2v) is 4.89. The van der Waals surface area contributed by atoms with E-state index in [1.165, 1.54) is 5.56 Å². The van der Waals surface area contributed by atoms with Crippen LogP contribution in [-0.2, 0) is 11.3 Å². The van der Waals surface area contributed by atoms with E-state index in [9.17, 15) is 4.79 Å². The van der Waals surface area contributed by atoms with E-state index >= 15 is 0 Å². The summed E-state index contributed by atoms with van der Waals surface area (Å²) in [5, 5.41) is 13.8. The second kappa shape index (κ2) is 8.09. The highest BCUT2D eigenvalue weighted by atomic mass is 16.5. The fourth-order valence-electron chi connectivity index (χ4n) is 1.80. The molecule has 0 aliphatic rings. The Labute approximate surface area is 129 Å². The Morgan fingerprint density at radius 3 is 2.55 bits per heavy atom. The van der Waals surface area contributed by atoms with Crippen molar-refractivity contribution in [1.29, 1.82) is 0 Å². The molecular formula is C16H20N4O2. The van der Waals surface area contributed by atoms with Crippen LogP contribution in [0, 0.1) is 6.92 Å². The number of hydrogen-bond donors (Lipinski definition) is 2. The van der Waals surface area contributed by atoms with Crippen LogP contribution in [-0.4, -0.2) is 36.4 Å². The summed E-state index contributed by atoms with van der Waals surface area (Å²) in [4.78, 5) is 11.8. The van der Waals surface area contributed by atoms with Gasteiger partial charge in [0.2, 0.25) is 0 Å². The number of nitrogens with one attached hydrogen (secondary N) is 2. The fourth-order valence-corrected chi connectivity index (χ4v) is 1.80. The van der Waals surface area contributed by atoms with Gasteiger partial charge >= 0.3 is 0 Å². The monoisotopic (exact) mass is 300 g/mol. The Hall–Kier alpha value is -2.47. The van der Waals surface area contributed by atoms with Gasteiger partial charge in [0, 0.05) is 20.2 Å². The molecule has 2 N–H and O–H groups in total. The number of aromatic nitrogens is 2. The quantitative estimate of drug-likeness (QED) is 0.762. The first-order valence-corrected chi connectivity index (χ1v) is 7.09. The molecular weight excluding hydrogens is 280 g/mol. The molecule has 0 saturated carbocycles. The first-order valence-electron chi connectivity index (χ1n) is 7.09. The van der Waals surface area contributed by atoms with E-state index in [1.54, 1.807) is 19.2 Å². The predicted octanol–water partition coefficient (Wildman–Crippen LogP) is 1.77. The molecule has 1 heterocycles. The van der Waals surface area contributed by atoms with Gasteiger partial charge < -0.3 is 15.4 Å². The minimum Gasteiger partial charge on any atom is -0.383 e. The Bertz CT molecular complexity index is 597. The van der Waals surface area contributed by atoms with Crippen molar-refractivity contribution in [2.45, 2.75) is 13.5 Å². The van der Waals surface area contributed by atoms with Gasteiger partial charge in [0.15, 0.2) is 5.69 Å². The number of ether oxygens (including phenoxy) is 1. The number of benzene rings is 1. The summed E-state index contributed by atoms with van der Waals surface area (Å²) < 4.78 is 4.87. The first-order chi connectivity index (χ1) is 10.7. The maximum absolute atomic E-state index is 11.8. The van der Waals surface area contributed by atoms with Crippen LogP contribution in [0.4, 0.5) is 5.82 Å². The summed E-state index contributed by atoms with van der Waals surface area (Å²) in [6.45, 7) is 3.63. The number of aryl methyl sites for hydroxylation is 1. The molecule has 6 heteroatoms. The summed E-state index contributed by atoms with van der Waals surface area (Å²) in [6, 6.07) is 11.6. The third-order valence-corrected chi connectivity index (χ3v) is 3.08. The molecule has 0 aliphatic carbocycles. The van der Waals surface area contributed by atoms with Crippen molar-refractivity contribution in [3.8, 4) is 0 Å². The van der Waals surface area contributed by atoms with Gasteiger partial charge in [0.25, 0.3) is 5.91 Å². The zero-order chi connectivity index (χ0) is 15.8. The van der Waals surface area contributed by atoms with Gasteiger partial charge in [-0.2, -0.15) is 0 Å². The zero-order valence-corrected chi connectivity index (χ0v) is 12.8. The topological polar surface area (TPSA) is 76.1 Å². The molecule has 0 unspecified atom stereocenters. The molecule has 1 amide bonds. The van der Waals surface area contributed by atoms with Gasteiger partial charge in [0.1, 0.15) is 5.82 Å². The molecule has 1 aromatic heterocycles. The largest absolute Gasteiger partial charge is 0.383 e. The van der Waals surface area contributed by atoms with Crippen molar-refractivity contribution in [3.05, 3.63) is 53.2 Å². The molecule has 0 spiro atoms. The number of carbonyl (C=O) groups excluding carboxylic acids is 1. The minimum atomic E-state index is -0.255. The van der Waals surface area contributed by atoms with E-state index in [0.717, 1.165) is 5.56 Å². The van der Waals surface area contributed by atoms with E-state index in [0.29, 0.717) is 25.5 Å².